The lowest BCUT2D eigenvalue weighted by atomic mass is 10.1. The van der Waals surface area contributed by atoms with E-state index >= 15 is 4.39 Å². The summed E-state index contributed by atoms with van der Waals surface area (Å²) in [5.41, 5.74) is -1.14. The number of rotatable bonds is 7. The molecular formula is C26H40FN5O6. The fourth-order valence-electron chi connectivity index (χ4n) is 4.12. The lowest BCUT2D eigenvalue weighted by Crippen LogP contribution is -2.45. The molecule has 11 nitrogen and oxygen atoms in total. The van der Waals surface area contributed by atoms with Crippen molar-refractivity contribution in [3.63, 3.8) is 0 Å². The van der Waals surface area contributed by atoms with Crippen LogP contribution in [0.1, 0.15) is 71.2 Å². The van der Waals surface area contributed by atoms with Crippen molar-refractivity contribution in [2.75, 3.05) is 37.0 Å². The summed E-state index contributed by atoms with van der Waals surface area (Å²) in [6, 6.07) is 1.16. The van der Waals surface area contributed by atoms with E-state index in [9.17, 15) is 14.4 Å². The number of hydrogen-bond acceptors (Lipinski definition) is 9. The summed E-state index contributed by atoms with van der Waals surface area (Å²) in [4.78, 5) is 39.5. The molecule has 2 fully saturated rings. The van der Waals surface area contributed by atoms with Crippen molar-refractivity contribution >= 4 is 29.5 Å². The van der Waals surface area contributed by atoms with Gasteiger partial charge < -0.3 is 29.7 Å². The van der Waals surface area contributed by atoms with Crippen molar-refractivity contribution in [3.05, 3.63) is 17.4 Å². The van der Waals surface area contributed by atoms with E-state index in [1.54, 1.807) is 41.5 Å². The zero-order valence-electron chi connectivity index (χ0n) is 23.3. The number of hydrazine groups is 1. The van der Waals surface area contributed by atoms with Crippen LogP contribution in [0.3, 0.4) is 0 Å². The number of halogens is 1. The van der Waals surface area contributed by atoms with Crippen molar-refractivity contribution in [1.82, 2.24) is 10.3 Å². The third kappa shape index (κ3) is 7.62. The Balaban J connectivity index is 1.84. The molecule has 1 aromatic carbocycles. The smallest absolute Gasteiger partial charge is 0.432 e. The zero-order chi connectivity index (χ0) is 28.4. The van der Waals surface area contributed by atoms with Crippen molar-refractivity contribution in [1.29, 1.82) is 0 Å². The predicted octanol–water partition coefficient (Wildman–Crippen LogP) is 4.01. The van der Waals surface area contributed by atoms with Gasteiger partial charge >= 0.3 is 12.2 Å². The van der Waals surface area contributed by atoms with Gasteiger partial charge in [-0.05, 0) is 72.8 Å². The third-order valence-corrected chi connectivity index (χ3v) is 5.91. The molecule has 3 rings (SSSR count). The first-order valence-electron chi connectivity index (χ1n) is 12.8. The average Bonchev–Trinajstić information content (AvgIpc) is 3.49. The maximum absolute atomic E-state index is 15.6. The summed E-state index contributed by atoms with van der Waals surface area (Å²) in [7, 11) is 1.40. The molecule has 1 unspecified atom stereocenters. The molecule has 1 saturated heterocycles. The Morgan fingerprint density at radius 1 is 1.11 bits per heavy atom. The molecule has 1 saturated carbocycles. The minimum atomic E-state index is -1.05. The summed E-state index contributed by atoms with van der Waals surface area (Å²) in [5.74, 6) is 4.39. The molecule has 4 N–H and O–H groups in total. The molecule has 0 radical (unpaired) electrons. The maximum Gasteiger partial charge on any atom is 0.432 e. The quantitative estimate of drug-likeness (QED) is 0.268. The number of hydrogen-bond donors (Lipinski definition) is 3. The molecule has 1 atom stereocenters. The predicted molar refractivity (Wildman–Crippen MR) is 141 cm³/mol. The van der Waals surface area contributed by atoms with Gasteiger partial charge in [0.15, 0.2) is 11.6 Å². The van der Waals surface area contributed by atoms with E-state index in [1.807, 2.05) is 4.90 Å². The van der Waals surface area contributed by atoms with Gasteiger partial charge in [-0.3, -0.25) is 4.79 Å². The van der Waals surface area contributed by atoms with E-state index in [-0.39, 0.29) is 34.6 Å². The Kier molecular flexibility index (Phi) is 8.65. The molecular weight excluding hydrogens is 497 g/mol. The van der Waals surface area contributed by atoms with Crippen LogP contribution in [0.25, 0.3) is 0 Å². The van der Waals surface area contributed by atoms with Gasteiger partial charge in [0.05, 0.1) is 18.4 Å². The minimum Gasteiger partial charge on any atom is -0.492 e. The molecule has 0 spiro atoms. The molecule has 12 heteroatoms. The fraction of sp³-hybridized carbons (Fsp3) is 0.654. The van der Waals surface area contributed by atoms with Crippen molar-refractivity contribution < 1.29 is 33.0 Å². The first-order valence-corrected chi connectivity index (χ1v) is 12.8. The van der Waals surface area contributed by atoms with Crippen LogP contribution in [0.2, 0.25) is 0 Å². The average molecular weight is 538 g/mol. The Hall–Kier alpha value is -3.28. The highest BCUT2D eigenvalue weighted by atomic mass is 19.1. The van der Waals surface area contributed by atoms with Gasteiger partial charge in [-0.1, -0.05) is 0 Å². The van der Waals surface area contributed by atoms with Gasteiger partial charge in [-0.15, -0.1) is 0 Å². The monoisotopic (exact) mass is 537 g/mol. The van der Waals surface area contributed by atoms with E-state index in [4.69, 9.17) is 20.1 Å². The number of alkyl carbamates (subject to hydrolysis) is 1. The number of ether oxygens (including phenoxy) is 3. The number of nitrogens with one attached hydrogen (secondary N) is 2. The van der Waals surface area contributed by atoms with Crippen LogP contribution in [-0.2, 0) is 9.47 Å². The minimum absolute atomic E-state index is 0.0551. The second kappa shape index (κ2) is 11.2. The highest BCUT2D eigenvalue weighted by Crippen LogP contribution is 2.44. The summed E-state index contributed by atoms with van der Waals surface area (Å²) in [6.45, 7) is 11.7. The van der Waals surface area contributed by atoms with Gasteiger partial charge in [0, 0.05) is 25.7 Å². The van der Waals surface area contributed by atoms with Crippen LogP contribution in [0.15, 0.2) is 6.07 Å². The van der Waals surface area contributed by atoms with Crippen LogP contribution < -0.4 is 26.1 Å². The van der Waals surface area contributed by atoms with Gasteiger partial charge in [-0.2, -0.15) is 5.01 Å². The normalized spacial score (nSPS) is 17.6. The number of methoxy groups -OCH3 is 1. The first-order chi connectivity index (χ1) is 17.6. The van der Waals surface area contributed by atoms with Crippen LogP contribution in [0.4, 0.5) is 25.4 Å². The largest absolute Gasteiger partial charge is 0.492 e. The van der Waals surface area contributed by atoms with Crippen LogP contribution in [0.5, 0.6) is 5.75 Å². The summed E-state index contributed by atoms with van der Waals surface area (Å²) in [6.07, 6.45) is 0.909. The number of anilines is 2. The second-order valence-corrected chi connectivity index (χ2v) is 11.7. The van der Waals surface area contributed by atoms with E-state index in [2.05, 4.69) is 10.6 Å². The fourth-order valence-corrected chi connectivity index (χ4v) is 4.12. The Labute approximate surface area is 223 Å². The van der Waals surface area contributed by atoms with Crippen molar-refractivity contribution in [3.8, 4) is 5.75 Å². The molecule has 1 aliphatic heterocycles. The van der Waals surface area contributed by atoms with Crippen LogP contribution >= 0.6 is 0 Å². The van der Waals surface area contributed by atoms with E-state index in [0.29, 0.717) is 31.1 Å². The zero-order valence-corrected chi connectivity index (χ0v) is 23.3. The highest BCUT2D eigenvalue weighted by Gasteiger charge is 2.35. The third-order valence-electron chi connectivity index (χ3n) is 5.91. The topological polar surface area (TPSA) is 135 Å². The number of amides is 3. The van der Waals surface area contributed by atoms with E-state index in [1.165, 1.54) is 7.11 Å². The Morgan fingerprint density at radius 2 is 1.74 bits per heavy atom. The van der Waals surface area contributed by atoms with E-state index < -0.39 is 35.1 Å². The summed E-state index contributed by atoms with van der Waals surface area (Å²) >= 11 is 0. The van der Waals surface area contributed by atoms with Crippen molar-refractivity contribution in [2.24, 2.45) is 11.8 Å². The van der Waals surface area contributed by atoms with Gasteiger partial charge in [0.2, 0.25) is 0 Å². The number of nitrogens with two attached hydrogens (primary N) is 1. The lowest BCUT2D eigenvalue weighted by molar-refractivity contribution is 0.0239. The number of nitrogens with zero attached hydrogens (tertiary/aromatic N) is 2. The molecule has 0 bridgehead atoms. The maximum atomic E-state index is 15.6. The molecule has 1 aliphatic carbocycles. The lowest BCUT2D eigenvalue weighted by Gasteiger charge is -2.27. The van der Waals surface area contributed by atoms with Gasteiger partial charge in [-0.25, -0.2) is 19.8 Å². The first kappa shape index (κ1) is 29.3. The summed E-state index contributed by atoms with van der Waals surface area (Å²) < 4.78 is 31.8. The van der Waals surface area contributed by atoms with Crippen molar-refractivity contribution in [2.45, 2.75) is 78.0 Å². The SMILES string of the molecule is COc1c(NC2CC2)c(C(=O)N(N)C(=O)OC(C)(C)C)cc(F)c1N1CCC(CNC(=O)OC(C)(C)C)C1. The molecule has 2 aliphatic rings. The van der Waals surface area contributed by atoms with E-state index in [0.717, 1.165) is 18.9 Å². The molecule has 1 aromatic rings. The second-order valence-electron chi connectivity index (χ2n) is 11.7. The number of imide groups is 1. The standard InChI is InChI=1S/C26H40FN5O6/c1-25(2,3)37-23(34)29-13-15-10-11-31(14-15)20-18(27)12-17(19(21(20)36-7)30-16-8-9-16)22(33)32(28)24(35)38-26(4,5)6/h12,15-16,30H,8-11,13-14,28H2,1-7H3,(H,29,34). The van der Waals surface area contributed by atoms with Crippen LogP contribution in [0, 0.1) is 11.7 Å². The molecule has 0 aromatic heterocycles. The summed E-state index contributed by atoms with van der Waals surface area (Å²) in [5, 5.41) is 6.35. The molecule has 38 heavy (non-hydrogen) atoms. The van der Waals surface area contributed by atoms with Gasteiger partial charge in [0.1, 0.15) is 16.9 Å². The number of carbonyl (C=O) groups excluding carboxylic acids is 3. The highest BCUT2D eigenvalue weighted by molar-refractivity contribution is 6.08. The molecule has 3 amide bonds. The van der Waals surface area contributed by atoms with Crippen LogP contribution in [-0.4, -0.2) is 67.1 Å². The van der Waals surface area contributed by atoms with Gasteiger partial charge in [0.25, 0.3) is 5.91 Å². The Bertz CT molecular complexity index is 1060. The molecule has 212 valence electrons. The molecule has 1 heterocycles. The Morgan fingerprint density at radius 3 is 2.29 bits per heavy atom. The number of benzene rings is 1. The number of carbonyl (C=O) groups is 3.